The van der Waals surface area contributed by atoms with E-state index >= 15 is 0 Å². The Bertz CT molecular complexity index is 979. The van der Waals surface area contributed by atoms with E-state index in [0.717, 1.165) is 0 Å². The summed E-state index contributed by atoms with van der Waals surface area (Å²) in [5, 5.41) is 12.4. The monoisotopic (exact) mass is 355 g/mol. The lowest BCUT2D eigenvalue weighted by Gasteiger charge is -2.17. The second-order valence-electron chi connectivity index (χ2n) is 5.68. The number of nitriles is 1. The van der Waals surface area contributed by atoms with Crippen LogP contribution >= 0.6 is 0 Å². The molecule has 0 saturated heterocycles. The van der Waals surface area contributed by atoms with Crippen molar-refractivity contribution >= 4 is 22.7 Å². The lowest BCUT2D eigenvalue weighted by atomic mass is 10.2. The smallest absolute Gasteiger partial charge is 0.150 e. The summed E-state index contributed by atoms with van der Waals surface area (Å²) < 4.78 is 21.3. The second-order valence-corrected chi connectivity index (χ2v) is 5.68. The van der Waals surface area contributed by atoms with Gasteiger partial charge in [-0.05, 0) is 19.1 Å². The number of aromatic nitrogens is 4. The molecule has 2 aromatic heterocycles. The predicted octanol–water partition coefficient (Wildman–Crippen LogP) is 2.24. The number of hydrogen-bond donors (Lipinski definition) is 2. The zero-order chi connectivity index (χ0) is 18.7. The second kappa shape index (κ2) is 7.33. The number of benzene rings is 1. The van der Waals surface area contributed by atoms with Crippen LogP contribution in [0.15, 0.2) is 24.5 Å². The number of nitrogen functional groups attached to an aromatic ring is 1. The van der Waals surface area contributed by atoms with Gasteiger partial charge >= 0.3 is 0 Å². The van der Waals surface area contributed by atoms with Gasteiger partial charge < -0.3 is 20.4 Å². The molecule has 0 radical (unpaired) electrons. The Morgan fingerprint density at radius 2 is 2.23 bits per heavy atom. The minimum atomic E-state index is -0.361. The first-order valence-corrected chi connectivity index (χ1v) is 7.97. The van der Waals surface area contributed by atoms with Crippen molar-refractivity contribution in [3.63, 3.8) is 0 Å². The van der Waals surface area contributed by atoms with Crippen LogP contribution in [0.25, 0.3) is 11.0 Å². The average molecular weight is 355 g/mol. The molecule has 9 heteroatoms. The zero-order valence-electron chi connectivity index (χ0n) is 14.4. The maximum absolute atomic E-state index is 14.3. The molecule has 3 aromatic rings. The average Bonchev–Trinajstić information content (AvgIpc) is 3.00. The molecule has 0 spiro atoms. The molecule has 134 valence electrons. The zero-order valence-corrected chi connectivity index (χ0v) is 14.4. The number of nitrogens with two attached hydrogens (primary N) is 1. The number of halogens is 1. The van der Waals surface area contributed by atoms with Crippen molar-refractivity contribution in [1.29, 1.82) is 5.26 Å². The number of rotatable bonds is 6. The van der Waals surface area contributed by atoms with E-state index in [1.165, 1.54) is 12.4 Å². The van der Waals surface area contributed by atoms with Gasteiger partial charge in [0.2, 0.25) is 0 Å². The third-order valence-corrected chi connectivity index (χ3v) is 3.99. The lowest BCUT2D eigenvalue weighted by Crippen LogP contribution is -2.17. The number of methoxy groups -OCH3 is 1. The van der Waals surface area contributed by atoms with Crippen LogP contribution in [-0.2, 0) is 11.3 Å². The van der Waals surface area contributed by atoms with Gasteiger partial charge in [-0.25, -0.2) is 19.3 Å². The molecule has 1 atom stereocenters. The maximum Gasteiger partial charge on any atom is 0.150 e. The summed E-state index contributed by atoms with van der Waals surface area (Å²) in [6, 6.07) is 6.39. The molecule has 3 rings (SSSR count). The van der Waals surface area contributed by atoms with Gasteiger partial charge in [-0.2, -0.15) is 5.26 Å². The molecular formula is C17H18FN7O. The fourth-order valence-corrected chi connectivity index (χ4v) is 2.79. The van der Waals surface area contributed by atoms with Gasteiger partial charge in [0.25, 0.3) is 0 Å². The molecule has 0 amide bonds. The lowest BCUT2D eigenvalue weighted by molar-refractivity contribution is 0.187. The molecule has 1 aromatic carbocycles. The first-order valence-electron chi connectivity index (χ1n) is 7.97. The maximum atomic E-state index is 14.3. The molecule has 0 fully saturated rings. The molecule has 2 heterocycles. The summed E-state index contributed by atoms with van der Waals surface area (Å²) >= 11 is 0. The number of imidazole rings is 1. The summed E-state index contributed by atoms with van der Waals surface area (Å²) in [5.41, 5.74) is 6.84. The molecule has 0 saturated carbocycles. The van der Waals surface area contributed by atoms with Crippen molar-refractivity contribution in [1.82, 2.24) is 19.5 Å². The number of fused-ring (bicyclic) bond motifs is 1. The van der Waals surface area contributed by atoms with E-state index < -0.39 is 0 Å². The van der Waals surface area contributed by atoms with Crippen LogP contribution in [0.2, 0.25) is 0 Å². The quantitative estimate of drug-likeness (QED) is 0.697. The molecule has 0 aliphatic carbocycles. The Morgan fingerprint density at radius 3 is 2.96 bits per heavy atom. The summed E-state index contributed by atoms with van der Waals surface area (Å²) in [7, 11) is 1.58. The van der Waals surface area contributed by atoms with Crippen LogP contribution in [0.1, 0.15) is 24.4 Å². The van der Waals surface area contributed by atoms with Crippen molar-refractivity contribution in [2.75, 3.05) is 24.8 Å². The molecule has 26 heavy (non-hydrogen) atoms. The molecular weight excluding hydrogens is 337 g/mol. The van der Waals surface area contributed by atoms with Crippen molar-refractivity contribution in [3.05, 3.63) is 41.7 Å². The van der Waals surface area contributed by atoms with Gasteiger partial charge in [0.1, 0.15) is 46.8 Å². The van der Waals surface area contributed by atoms with Gasteiger partial charge in [0, 0.05) is 13.7 Å². The van der Waals surface area contributed by atoms with E-state index in [0.29, 0.717) is 35.8 Å². The Labute approximate surface area is 149 Å². The van der Waals surface area contributed by atoms with Crippen LogP contribution in [-0.4, -0.2) is 33.2 Å². The Morgan fingerprint density at radius 1 is 1.42 bits per heavy atom. The fraction of sp³-hybridized carbons (Fsp3) is 0.294. The molecule has 1 unspecified atom stereocenters. The largest absolute Gasteiger partial charge is 0.383 e. The summed E-state index contributed by atoms with van der Waals surface area (Å²) in [6.45, 7) is 2.69. The van der Waals surface area contributed by atoms with Crippen LogP contribution in [0, 0.1) is 17.1 Å². The third-order valence-electron chi connectivity index (χ3n) is 3.99. The van der Waals surface area contributed by atoms with Gasteiger partial charge in [0.05, 0.1) is 18.2 Å². The van der Waals surface area contributed by atoms with Crippen LogP contribution in [0.5, 0.6) is 0 Å². The summed E-state index contributed by atoms with van der Waals surface area (Å²) in [5.74, 6) is 0.645. The number of nitrogens with zero attached hydrogens (tertiary/aromatic N) is 5. The fourth-order valence-electron chi connectivity index (χ4n) is 2.79. The minimum Gasteiger partial charge on any atom is -0.383 e. The Hall–Kier alpha value is -3.25. The van der Waals surface area contributed by atoms with E-state index in [1.807, 2.05) is 13.0 Å². The summed E-state index contributed by atoms with van der Waals surface area (Å²) in [4.78, 5) is 12.4. The number of nitrogens with one attached hydrogen (secondary N) is 1. The third kappa shape index (κ3) is 3.14. The Balaban J connectivity index is 2.03. The highest BCUT2D eigenvalue weighted by Crippen LogP contribution is 2.26. The van der Waals surface area contributed by atoms with Gasteiger partial charge in [-0.3, -0.25) is 0 Å². The van der Waals surface area contributed by atoms with E-state index in [-0.39, 0.29) is 23.2 Å². The van der Waals surface area contributed by atoms with E-state index in [1.54, 1.807) is 23.8 Å². The van der Waals surface area contributed by atoms with Crippen LogP contribution in [0.3, 0.4) is 0 Å². The number of hydrogen-bond acceptors (Lipinski definition) is 7. The number of anilines is 2. The van der Waals surface area contributed by atoms with Crippen LogP contribution < -0.4 is 11.1 Å². The molecule has 0 bridgehead atoms. The molecule has 0 aliphatic rings. The first-order chi connectivity index (χ1) is 12.6. The standard InChI is InChI=1S/C17H18FN7O/c1-10(23-16-11(8-19)15(20)21-9-22-16)17-24-13-5-3-4-12(18)14(13)25(17)6-7-26-2/h3-5,9-10H,6-7H2,1-2H3,(H3,20,21,22,23). The molecule has 3 N–H and O–H groups in total. The summed E-state index contributed by atoms with van der Waals surface area (Å²) in [6.07, 6.45) is 1.28. The number of ether oxygens (including phenoxy) is 1. The van der Waals surface area contributed by atoms with Gasteiger partial charge in [-0.1, -0.05) is 6.07 Å². The predicted molar refractivity (Wildman–Crippen MR) is 94.8 cm³/mol. The van der Waals surface area contributed by atoms with Crippen molar-refractivity contribution in [2.45, 2.75) is 19.5 Å². The van der Waals surface area contributed by atoms with Crippen molar-refractivity contribution in [3.8, 4) is 6.07 Å². The highest BCUT2D eigenvalue weighted by Gasteiger charge is 2.20. The molecule has 8 nitrogen and oxygen atoms in total. The minimum absolute atomic E-state index is 0.0936. The Kier molecular flexibility index (Phi) is 4.95. The normalized spacial score (nSPS) is 12.1. The highest BCUT2D eigenvalue weighted by molar-refractivity contribution is 5.77. The van der Waals surface area contributed by atoms with Crippen molar-refractivity contribution < 1.29 is 9.13 Å². The topological polar surface area (TPSA) is 115 Å². The van der Waals surface area contributed by atoms with Crippen molar-refractivity contribution in [2.24, 2.45) is 0 Å². The highest BCUT2D eigenvalue weighted by atomic mass is 19.1. The van der Waals surface area contributed by atoms with E-state index in [4.69, 9.17) is 10.5 Å². The van der Waals surface area contributed by atoms with E-state index in [2.05, 4.69) is 20.3 Å². The molecule has 0 aliphatic heterocycles. The van der Waals surface area contributed by atoms with Gasteiger partial charge in [-0.15, -0.1) is 0 Å². The van der Waals surface area contributed by atoms with E-state index in [9.17, 15) is 9.65 Å². The first kappa shape index (κ1) is 17.6. The SMILES string of the molecule is COCCn1c(C(C)Nc2ncnc(N)c2C#N)nc2cccc(F)c21. The van der Waals surface area contributed by atoms with Gasteiger partial charge in [0.15, 0.2) is 0 Å². The number of para-hydroxylation sites is 1. The van der Waals surface area contributed by atoms with Crippen LogP contribution in [0.4, 0.5) is 16.0 Å².